The molecule has 108 valence electrons. The van der Waals surface area contributed by atoms with Gasteiger partial charge < -0.3 is 19.5 Å². The van der Waals surface area contributed by atoms with Gasteiger partial charge in [0.1, 0.15) is 5.76 Å². The van der Waals surface area contributed by atoms with Crippen molar-refractivity contribution in [2.24, 2.45) is 0 Å². The molecule has 1 unspecified atom stereocenters. The number of rotatable bonds is 8. The van der Waals surface area contributed by atoms with Gasteiger partial charge in [0, 0.05) is 26.2 Å². The van der Waals surface area contributed by atoms with Crippen LogP contribution in [0.25, 0.3) is 0 Å². The molecule has 1 N–H and O–H groups in total. The van der Waals surface area contributed by atoms with Crippen molar-refractivity contribution >= 4 is 0 Å². The number of hydrogen-bond acceptors (Lipinski definition) is 4. The Balaban J connectivity index is 1.54. The Kier molecular flexibility index (Phi) is 5.89. The summed E-state index contributed by atoms with van der Waals surface area (Å²) in [6.07, 6.45) is 4.49. The van der Waals surface area contributed by atoms with Gasteiger partial charge in [0.05, 0.1) is 12.3 Å². The normalized spacial score (nSPS) is 18.3. The van der Waals surface area contributed by atoms with E-state index in [1.165, 1.54) is 32.5 Å². The number of likely N-dealkylation sites (N-methyl/N-ethyl adjacent to an activating group) is 1. The van der Waals surface area contributed by atoms with Gasteiger partial charge in [-0.2, -0.15) is 0 Å². The molecule has 0 radical (unpaired) electrons. The topological polar surface area (TPSA) is 31.6 Å². The van der Waals surface area contributed by atoms with E-state index in [1.54, 1.807) is 6.26 Å². The van der Waals surface area contributed by atoms with E-state index in [9.17, 15) is 0 Å². The van der Waals surface area contributed by atoms with Gasteiger partial charge in [-0.1, -0.05) is 0 Å². The molecule has 19 heavy (non-hydrogen) atoms. The average molecular weight is 265 g/mol. The zero-order chi connectivity index (χ0) is 13.5. The van der Waals surface area contributed by atoms with Crippen LogP contribution in [0.4, 0.5) is 0 Å². The standard InChI is InChI=1S/C15H27N3O/c1-14(15-6-5-13-19-15)16-7-10-17(2)11-12-18-8-3-4-9-18/h5-6,13-14,16H,3-4,7-12H2,1-2H3. The van der Waals surface area contributed by atoms with Crippen molar-refractivity contribution in [1.82, 2.24) is 15.1 Å². The SMILES string of the molecule is CC(NCCN(C)CCN1CCCC1)c1ccco1. The van der Waals surface area contributed by atoms with Crippen LogP contribution in [-0.2, 0) is 0 Å². The first kappa shape index (κ1) is 14.6. The lowest BCUT2D eigenvalue weighted by Crippen LogP contribution is -2.35. The first-order valence-corrected chi connectivity index (χ1v) is 7.43. The van der Waals surface area contributed by atoms with Gasteiger partial charge in [-0.15, -0.1) is 0 Å². The van der Waals surface area contributed by atoms with Gasteiger partial charge in [0.25, 0.3) is 0 Å². The predicted octanol–water partition coefficient (Wildman–Crippen LogP) is 1.96. The van der Waals surface area contributed by atoms with E-state index in [-0.39, 0.29) is 0 Å². The van der Waals surface area contributed by atoms with E-state index < -0.39 is 0 Å². The lowest BCUT2D eigenvalue weighted by molar-refractivity contribution is 0.254. The van der Waals surface area contributed by atoms with E-state index in [2.05, 4.69) is 29.1 Å². The Morgan fingerprint density at radius 2 is 2.16 bits per heavy atom. The summed E-state index contributed by atoms with van der Waals surface area (Å²) in [5, 5.41) is 3.49. The van der Waals surface area contributed by atoms with Gasteiger partial charge >= 0.3 is 0 Å². The first-order chi connectivity index (χ1) is 9.25. The van der Waals surface area contributed by atoms with Crippen LogP contribution in [0, 0.1) is 0 Å². The van der Waals surface area contributed by atoms with Crippen LogP contribution in [-0.4, -0.2) is 56.1 Å². The summed E-state index contributed by atoms with van der Waals surface area (Å²) in [6.45, 7) is 9.19. The number of furan rings is 1. The Hall–Kier alpha value is -0.840. The van der Waals surface area contributed by atoms with Crippen molar-refractivity contribution < 1.29 is 4.42 Å². The number of nitrogens with zero attached hydrogens (tertiary/aromatic N) is 2. The summed E-state index contributed by atoms with van der Waals surface area (Å²) in [5.74, 6) is 1.01. The lowest BCUT2D eigenvalue weighted by Gasteiger charge is -2.22. The molecule has 1 fully saturated rings. The summed E-state index contributed by atoms with van der Waals surface area (Å²) in [7, 11) is 2.20. The molecule has 2 rings (SSSR count). The van der Waals surface area contributed by atoms with Crippen LogP contribution in [0.2, 0.25) is 0 Å². The van der Waals surface area contributed by atoms with Gasteiger partial charge in [-0.05, 0) is 52.0 Å². The quantitative estimate of drug-likeness (QED) is 0.778. The molecule has 1 aromatic rings. The number of likely N-dealkylation sites (tertiary alicyclic amines) is 1. The van der Waals surface area contributed by atoms with E-state index >= 15 is 0 Å². The van der Waals surface area contributed by atoms with Gasteiger partial charge in [-0.25, -0.2) is 0 Å². The van der Waals surface area contributed by atoms with Gasteiger partial charge in [-0.3, -0.25) is 0 Å². The smallest absolute Gasteiger partial charge is 0.120 e. The van der Waals surface area contributed by atoms with Crippen LogP contribution in [0.1, 0.15) is 31.6 Å². The molecule has 1 aliphatic rings. The van der Waals surface area contributed by atoms with Crippen molar-refractivity contribution in [3.63, 3.8) is 0 Å². The van der Waals surface area contributed by atoms with Gasteiger partial charge in [0.2, 0.25) is 0 Å². The van der Waals surface area contributed by atoms with Crippen molar-refractivity contribution in [1.29, 1.82) is 0 Å². The van der Waals surface area contributed by atoms with Crippen molar-refractivity contribution in [2.45, 2.75) is 25.8 Å². The van der Waals surface area contributed by atoms with Crippen LogP contribution >= 0.6 is 0 Å². The summed E-state index contributed by atoms with van der Waals surface area (Å²) in [4.78, 5) is 4.97. The third-order valence-electron chi connectivity index (χ3n) is 3.91. The van der Waals surface area contributed by atoms with Crippen molar-refractivity contribution in [3.8, 4) is 0 Å². The van der Waals surface area contributed by atoms with Crippen molar-refractivity contribution in [3.05, 3.63) is 24.2 Å². The maximum absolute atomic E-state index is 5.39. The highest BCUT2D eigenvalue weighted by molar-refractivity contribution is 5.02. The molecule has 0 bridgehead atoms. The number of hydrogen-bond donors (Lipinski definition) is 1. The Morgan fingerprint density at radius 3 is 2.84 bits per heavy atom. The fourth-order valence-electron chi connectivity index (χ4n) is 2.54. The zero-order valence-corrected chi connectivity index (χ0v) is 12.3. The molecule has 4 nitrogen and oxygen atoms in total. The second-order valence-corrected chi connectivity index (χ2v) is 5.54. The molecule has 0 spiro atoms. The largest absolute Gasteiger partial charge is 0.468 e. The predicted molar refractivity (Wildman–Crippen MR) is 78.3 cm³/mol. The minimum Gasteiger partial charge on any atom is -0.468 e. The summed E-state index contributed by atoms with van der Waals surface area (Å²) < 4.78 is 5.39. The molecule has 0 saturated carbocycles. The second-order valence-electron chi connectivity index (χ2n) is 5.54. The Labute approximate surface area is 116 Å². The van der Waals surface area contributed by atoms with Crippen molar-refractivity contribution in [2.75, 3.05) is 46.3 Å². The highest BCUT2D eigenvalue weighted by atomic mass is 16.3. The summed E-state index contributed by atoms with van der Waals surface area (Å²) >= 11 is 0. The molecule has 1 aliphatic heterocycles. The molecule has 2 heterocycles. The molecule has 1 saturated heterocycles. The van der Waals surface area contributed by atoms with Crippen LogP contribution in [0.5, 0.6) is 0 Å². The first-order valence-electron chi connectivity index (χ1n) is 7.43. The molecule has 1 aromatic heterocycles. The van der Waals surface area contributed by atoms with Crippen LogP contribution in [0.3, 0.4) is 0 Å². The molecule has 0 amide bonds. The monoisotopic (exact) mass is 265 g/mol. The second kappa shape index (κ2) is 7.68. The van der Waals surface area contributed by atoms with Crippen LogP contribution < -0.4 is 5.32 Å². The molecule has 1 atom stereocenters. The highest BCUT2D eigenvalue weighted by Gasteiger charge is 2.12. The minimum absolute atomic E-state index is 0.294. The summed E-state index contributed by atoms with van der Waals surface area (Å²) in [5.41, 5.74) is 0. The highest BCUT2D eigenvalue weighted by Crippen LogP contribution is 2.11. The third kappa shape index (κ3) is 4.97. The molecular formula is C15H27N3O. The third-order valence-corrected chi connectivity index (χ3v) is 3.91. The lowest BCUT2D eigenvalue weighted by atomic mass is 10.2. The van der Waals surface area contributed by atoms with E-state index in [1.807, 2.05) is 12.1 Å². The maximum Gasteiger partial charge on any atom is 0.120 e. The average Bonchev–Trinajstić information content (AvgIpc) is 3.09. The number of nitrogens with one attached hydrogen (secondary N) is 1. The van der Waals surface area contributed by atoms with Gasteiger partial charge in [0.15, 0.2) is 0 Å². The Bertz CT molecular complexity index is 333. The maximum atomic E-state index is 5.39. The molecule has 0 aromatic carbocycles. The van der Waals surface area contributed by atoms with E-state index in [4.69, 9.17) is 4.42 Å². The fraction of sp³-hybridized carbons (Fsp3) is 0.733. The summed E-state index contributed by atoms with van der Waals surface area (Å²) in [6, 6.07) is 4.26. The minimum atomic E-state index is 0.294. The zero-order valence-electron chi connectivity index (χ0n) is 12.3. The van der Waals surface area contributed by atoms with Crippen LogP contribution in [0.15, 0.2) is 22.8 Å². The molecule has 0 aliphatic carbocycles. The molecule has 4 heteroatoms. The molecular weight excluding hydrogens is 238 g/mol. The van der Waals surface area contributed by atoms with E-state index in [0.717, 1.165) is 25.4 Å². The Morgan fingerprint density at radius 1 is 1.37 bits per heavy atom. The van der Waals surface area contributed by atoms with E-state index in [0.29, 0.717) is 6.04 Å². The fourth-order valence-corrected chi connectivity index (χ4v) is 2.54.